The summed E-state index contributed by atoms with van der Waals surface area (Å²) in [5.41, 5.74) is 1.10. The maximum Gasteiger partial charge on any atom is 0.120 e. The highest BCUT2D eigenvalue weighted by atomic mass is 32.2. The normalized spacial score (nSPS) is 18.5. The molecule has 1 aromatic rings. The number of methoxy groups -OCH3 is 1. The highest BCUT2D eigenvalue weighted by Gasteiger charge is 2.18. The van der Waals surface area contributed by atoms with Gasteiger partial charge in [0, 0.05) is 22.4 Å². The molecule has 0 amide bonds. The van der Waals surface area contributed by atoms with Gasteiger partial charge in [-0.1, -0.05) is 0 Å². The van der Waals surface area contributed by atoms with Gasteiger partial charge < -0.3 is 10.1 Å². The third-order valence-electron chi connectivity index (χ3n) is 2.33. The molecule has 2 rings (SSSR count). The van der Waals surface area contributed by atoms with E-state index in [1.165, 1.54) is 4.90 Å². The molecule has 0 aromatic heterocycles. The lowest BCUT2D eigenvalue weighted by Crippen LogP contribution is -2.25. The second-order valence-electron chi connectivity index (χ2n) is 3.38. The summed E-state index contributed by atoms with van der Waals surface area (Å²) < 4.78 is 5.16. The standard InChI is InChI=1S/C11H12N2OS/c1-14-9-2-3-10-11(6-9)15-7-8(13-10)4-5-12/h2-3,6,8,13H,4,7H2,1H3. The lowest BCUT2D eigenvalue weighted by atomic mass is 10.2. The molecule has 4 heteroatoms. The molecule has 0 saturated carbocycles. The zero-order valence-electron chi connectivity index (χ0n) is 8.49. The Morgan fingerprint density at radius 2 is 2.53 bits per heavy atom. The maximum absolute atomic E-state index is 8.63. The van der Waals surface area contributed by atoms with Gasteiger partial charge in [-0.15, -0.1) is 11.8 Å². The zero-order valence-corrected chi connectivity index (χ0v) is 9.30. The number of thioether (sulfide) groups is 1. The van der Waals surface area contributed by atoms with Gasteiger partial charge in [-0.3, -0.25) is 0 Å². The largest absolute Gasteiger partial charge is 0.497 e. The van der Waals surface area contributed by atoms with E-state index in [1.807, 2.05) is 18.2 Å². The second kappa shape index (κ2) is 4.45. The van der Waals surface area contributed by atoms with Gasteiger partial charge in [0.25, 0.3) is 0 Å². The fraction of sp³-hybridized carbons (Fsp3) is 0.364. The van der Waals surface area contributed by atoms with Crippen LogP contribution in [0.25, 0.3) is 0 Å². The van der Waals surface area contributed by atoms with E-state index in [0.29, 0.717) is 6.42 Å². The first kappa shape index (κ1) is 10.2. The fourth-order valence-corrected chi connectivity index (χ4v) is 2.60. The van der Waals surface area contributed by atoms with Crippen molar-refractivity contribution in [2.75, 3.05) is 18.2 Å². The second-order valence-corrected chi connectivity index (χ2v) is 4.44. The Hall–Kier alpha value is -1.34. The van der Waals surface area contributed by atoms with Crippen LogP contribution in [0.4, 0.5) is 5.69 Å². The van der Waals surface area contributed by atoms with Gasteiger partial charge in [0.05, 0.1) is 19.6 Å². The molecule has 0 spiro atoms. The van der Waals surface area contributed by atoms with Crippen LogP contribution < -0.4 is 10.1 Å². The summed E-state index contributed by atoms with van der Waals surface area (Å²) in [4.78, 5) is 1.20. The van der Waals surface area contributed by atoms with Crippen LogP contribution >= 0.6 is 11.8 Å². The van der Waals surface area contributed by atoms with Crippen molar-refractivity contribution in [3.8, 4) is 11.8 Å². The molecule has 78 valence electrons. The molecular weight excluding hydrogens is 208 g/mol. The van der Waals surface area contributed by atoms with E-state index < -0.39 is 0 Å². The van der Waals surface area contributed by atoms with Crippen molar-refractivity contribution in [1.82, 2.24) is 0 Å². The molecule has 0 radical (unpaired) electrons. The number of ether oxygens (including phenoxy) is 1. The van der Waals surface area contributed by atoms with Crippen LogP contribution in [-0.4, -0.2) is 18.9 Å². The van der Waals surface area contributed by atoms with E-state index in [0.717, 1.165) is 17.2 Å². The molecule has 0 saturated heterocycles. The Labute approximate surface area is 93.4 Å². The molecule has 0 bridgehead atoms. The molecule has 0 aliphatic carbocycles. The average Bonchev–Trinajstić information content (AvgIpc) is 2.29. The minimum absolute atomic E-state index is 0.265. The van der Waals surface area contributed by atoms with E-state index >= 15 is 0 Å². The predicted octanol–water partition coefficient (Wildman–Crippen LogP) is 2.50. The third-order valence-corrected chi connectivity index (χ3v) is 3.54. The maximum atomic E-state index is 8.63. The number of hydrogen-bond donors (Lipinski definition) is 1. The molecular formula is C11H12N2OS. The monoisotopic (exact) mass is 220 g/mol. The smallest absolute Gasteiger partial charge is 0.120 e. The van der Waals surface area contributed by atoms with Crippen molar-refractivity contribution in [2.45, 2.75) is 17.4 Å². The van der Waals surface area contributed by atoms with Crippen molar-refractivity contribution >= 4 is 17.4 Å². The number of nitrogens with zero attached hydrogens (tertiary/aromatic N) is 1. The lowest BCUT2D eigenvalue weighted by molar-refractivity contribution is 0.413. The summed E-state index contributed by atoms with van der Waals surface area (Å²) in [5, 5.41) is 12.0. The van der Waals surface area contributed by atoms with Crippen LogP contribution in [0.1, 0.15) is 6.42 Å². The zero-order chi connectivity index (χ0) is 10.7. The SMILES string of the molecule is COc1ccc2c(c1)SCC(CC#N)N2. The Bertz CT molecular complexity index is 400. The van der Waals surface area contributed by atoms with Gasteiger partial charge in [0.2, 0.25) is 0 Å². The highest BCUT2D eigenvalue weighted by Crippen LogP contribution is 2.36. The third kappa shape index (κ3) is 2.18. The summed E-state index contributed by atoms with van der Waals surface area (Å²) in [6.07, 6.45) is 0.554. The number of hydrogen-bond acceptors (Lipinski definition) is 4. The fourth-order valence-electron chi connectivity index (χ4n) is 1.54. The van der Waals surface area contributed by atoms with Crippen LogP contribution in [0, 0.1) is 11.3 Å². The first-order valence-corrected chi connectivity index (χ1v) is 5.76. The Morgan fingerprint density at radius 3 is 3.27 bits per heavy atom. The Kier molecular flexibility index (Phi) is 3.02. The molecule has 0 fully saturated rings. The quantitative estimate of drug-likeness (QED) is 0.831. The molecule has 1 N–H and O–H groups in total. The van der Waals surface area contributed by atoms with Gasteiger partial charge >= 0.3 is 0 Å². The molecule has 1 aliphatic rings. The van der Waals surface area contributed by atoms with Crippen LogP contribution in [0.3, 0.4) is 0 Å². The Morgan fingerprint density at radius 1 is 1.67 bits per heavy atom. The number of nitrogens with one attached hydrogen (secondary N) is 1. The summed E-state index contributed by atoms with van der Waals surface area (Å²) in [6, 6.07) is 8.41. The van der Waals surface area contributed by atoms with Crippen molar-refractivity contribution in [3.63, 3.8) is 0 Å². The van der Waals surface area contributed by atoms with Crippen LogP contribution in [0.15, 0.2) is 23.1 Å². The first-order chi connectivity index (χ1) is 7.33. The summed E-state index contributed by atoms with van der Waals surface area (Å²) in [6.45, 7) is 0. The van der Waals surface area contributed by atoms with Crippen molar-refractivity contribution in [2.24, 2.45) is 0 Å². The minimum Gasteiger partial charge on any atom is -0.497 e. The molecule has 1 heterocycles. The van der Waals surface area contributed by atoms with Crippen molar-refractivity contribution in [3.05, 3.63) is 18.2 Å². The number of fused-ring (bicyclic) bond motifs is 1. The van der Waals surface area contributed by atoms with Gasteiger partial charge in [0.1, 0.15) is 5.75 Å². The highest BCUT2D eigenvalue weighted by molar-refractivity contribution is 7.99. The lowest BCUT2D eigenvalue weighted by Gasteiger charge is -2.25. The van der Waals surface area contributed by atoms with Crippen molar-refractivity contribution < 1.29 is 4.74 Å². The molecule has 1 unspecified atom stereocenters. The van der Waals surface area contributed by atoms with Crippen LogP contribution in [0.5, 0.6) is 5.75 Å². The molecule has 1 aromatic carbocycles. The van der Waals surface area contributed by atoms with E-state index in [9.17, 15) is 0 Å². The number of rotatable bonds is 2. The minimum atomic E-state index is 0.265. The Balaban J connectivity index is 2.18. The molecule has 3 nitrogen and oxygen atoms in total. The van der Waals surface area contributed by atoms with E-state index in [1.54, 1.807) is 18.9 Å². The summed E-state index contributed by atoms with van der Waals surface area (Å²) in [5.74, 6) is 1.81. The van der Waals surface area contributed by atoms with Crippen LogP contribution in [-0.2, 0) is 0 Å². The van der Waals surface area contributed by atoms with Gasteiger partial charge in [-0.2, -0.15) is 5.26 Å². The number of nitriles is 1. The van der Waals surface area contributed by atoms with Crippen LogP contribution in [0.2, 0.25) is 0 Å². The van der Waals surface area contributed by atoms with Crippen molar-refractivity contribution in [1.29, 1.82) is 5.26 Å². The summed E-state index contributed by atoms with van der Waals surface area (Å²) in [7, 11) is 1.67. The number of benzene rings is 1. The van der Waals surface area contributed by atoms with Gasteiger partial charge in [-0.25, -0.2) is 0 Å². The van der Waals surface area contributed by atoms with Gasteiger partial charge in [0.15, 0.2) is 0 Å². The topological polar surface area (TPSA) is 45.0 Å². The molecule has 1 atom stereocenters. The average molecular weight is 220 g/mol. The first-order valence-electron chi connectivity index (χ1n) is 4.78. The molecule has 15 heavy (non-hydrogen) atoms. The van der Waals surface area contributed by atoms with E-state index in [-0.39, 0.29) is 6.04 Å². The van der Waals surface area contributed by atoms with E-state index in [4.69, 9.17) is 10.00 Å². The predicted molar refractivity (Wildman–Crippen MR) is 61.4 cm³/mol. The van der Waals surface area contributed by atoms with E-state index in [2.05, 4.69) is 11.4 Å². The molecule has 1 aliphatic heterocycles. The number of anilines is 1. The summed E-state index contributed by atoms with van der Waals surface area (Å²) >= 11 is 1.77. The van der Waals surface area contributed by atoms with Gasteiger partial charge in [-0.05, 0) is 18.2 Å².